The number of nitrogens with one attached hydrogen (secondary N) is 1. The van der Waals surface area contributed by atoms with E-state index in [1.54, 1.807) is 6.20 Å². The molecule has 1 saturated heterocycles. The Labute approximate surface area is 159 Å². The molecule has 1 amide bonds. The van der Waals surface area contributed by atoms with Crippen LogP contribution in [0.4, 0.5) is 10.6 Å². The van der Waals surface area contributed by atoms with Gasteiger partial charge in [0.2, 0.25) is 5.88 Å². The molecule has 1 aliphatic heterocycles. The minimum absolute atomic E-state index is 0.526. The molecular weight excluding hydrogens is 344 g/mol. The van der Waals surface area contributed by atoms with E-state index < -0.39 is 6.09 Å². The lowest BCUT2D eigenvalue weighted by Crippen LogP contribution is -2.35. The Hall–Kier alpha value is -2.83. The van der Waals surface area contributed by atoms with Gasteiger partial charge in [-0.3, -0.25) is 0 Å². The Balaban J connectivity index is 1.58. The van der Waals surface area contributed by atoms with Gasteiger partial charge in [-0.1, -0.05) is 6.07 Å². The van der Waals surface area contributed by atoms with E-state index in [-0.39, 0.29) is 0 Å². The standard InChI is InChI=1S/C20H26N4O3/c1-2-27-19-7-6-16(14-22-19)17-4-3-5-18(23-17)24-12-9-15(10-13-24)8-11-21-20(25)26/h3-7,14-15,21H,2,8-13H2,1H3,(H,25,26). The summed E-state index contributed by atoms with van der Waals surface area (Å²) in [6.07, 6.45) is 3.84. The fraction of sp³-hybridized carbons (Fsp3) is 0.450. The van der Waals surface area contributed by atoms with Crippen molar-refractivity contribution in [3.8, 4) is 17.1 Å². The molecule has 0 aliphatic carbocycles. The summed E-state index contributed by atoms with van der Waals surface area (Å²) in [7, 11) is 0. The van der Waals surface area contributed by atoms with Gasteiger partial charge in [-0.25, -0.2) is 14.8 Å². The molecule has 3 heterocycles. The molecule has 2 N–H and O–H groups in total. The van der Waals surface area contributed by atoms with Crippen LogP contribution in [0.1, 0.15) is 26.2 Å². The smallest absolute Gasteiger partial charge is 0.404 e. The molecule has 144 valence electrons. The zero-order valence-corrected chi connectivity index (χ0v) is 15.6. The third kappa shape index (κ3) is 5.32. The third-order valence-electron chi connectivity index (χ3n) is 4.83. The van der Waals surface area contributed by atoms with Crippen LogP contribution >= 0.6 is 0 Å². The third-order valence-corrected chi connectivity index (χ3v) is 4.83. The van der Waals surface area contributed by atoms with Crippen molar-refractivity contribution in [1.29, 1.82) is 0 Å². The number of pyridine rings is 2. The summed E-state index contributed by atoms with van der Waals surface area (Å²) < 4.78 is 5.39. The molecule has 2 aromatic rings. The molecule has 0 aromatic carbocycles. The zero-order valence-electron chi connectivity index (χ0n) is 15.6. The largest absolute Gasteiger partial charge is 0.478 e. The highest BCUT2D eigenvalue weighted by molar-refractivity contribution is 5.64. The number of hydrogen-bond acceptors (Lipinski definition) is 5. The van der Waals surface area contributed by atoms with Crippen LogP contribution in [0.5, 0.6) is 5.88 Å². The van der Waals surface area contributed by atoms with E-state index in [1.807, 2.05) is 37.3 Å². The molecule has 1 fully saturated rings. The van der Waals surface area contributed by atoms with E-state index in [0.29, 0.717) is 24.9 Å². The van der Waals surface area contributed by atoms with E-state index in [1.165, 1.54) is 0 Å². The van der Waals surface area contributed by atoms with Crippen molar-refractivity contribution in [1.82, 2.24) is 15.3 Å². The molecule has 1 aliphatic rings. The molecular formula is C20H26N4O3. The molecule has 0 radical (unpaired) electrons. The average Bonchev–Trinajstić information content (AvgIpc) is 2.69. The SMILES string of the molecule is CCOc1ccc(-c2cccc(N3CCC(CCNC(=O)O)CC3)n2)cn1. The minimum atomic E-state index is -0.947. The maximum Gasteiger partial charge on any atom is 0.404 e. The first-order valence-corrected chi connectivity index (χ1v) is 9.43. The number of piperidine rings is 1. The molecule has 0 unspecified atom stereocenters. The minimum Gasteiger partial charge on any atom is -0.478 e. The van der Waals surface area contributed by atoms with Gasteiger partial charge in [0.25, 0.3) is 0 Å². The predicted octanol–water partition coefficient (Wildman–Crippen LogP) is 3.42. The number of amides is 1. The Morgan fingerprint density at radius 2 is 2.11 bits per heavy atom. The highest BCUT2D eigenvalue weighted by Gasteiger charge is 2.20. The lowest BCUT2D eigenvalue weighted by Gasteiger charge is -2.33. The van der Waals surface area contributed by atoms with Gasteiger partial charge in [-0.15, -0.1) is 0 Å². The summed E-state index contributed by atoms with van der Waals surface area (Å²) in [4.78, 5) is 22.0. The van der Waals surface area contributed by atoms with Crippen molar-refractivity contribution >= 4 is 11.9 Å². The Bertz CT molecular complexity index is 743. The number of ether oxygens (including phenoxy) is 1. The molecule has 7 nitrogen and oxygen atoms in total. The van der Waals surface area contributed by atoms with Gasteiger partial charge < -0.3 is 20.1 Å². The second kappa shape index (κ2) is 9.21. The maximum atomic E-state index is 10.5. The lowest BCUT2D eigenvalue weighted by atomic mass is 9.93. The molecule has 0 atom stereocenters. The van der Waals surface area contributed by atoms with Crippen molar-refractivity contribution in [3.63, 3.8) is 0 Å². The molecule has 0 spiro atoms. The summed E-state index contributed by atoms with van der Waals surface area (Å²) in [5.74, 6) is 2.16. The first-order chi connectivity index (χ1) is 13.2. The normalized spacial score (nSPS) is 14.8. The fourth-order valence-corrected chi connectivity index (χ4v) is 3.36. The van der Waals surface area contributed by atoms with Crippen LogP contribution in [0.2, 0.25) is 0 Å². The number of aromatic nitrogens is 2. The summed E-state index contributed by atoms with van der Waals surface area (Å²) in [6.45, 7) is 4.94. The van der Waals surface area contributed by atoms with Gasteiger partial charge in [0.15, 0.2) is 0 Å². The Morgan fingerprint density at radius 1 is 1.30 bits per heavy atom. The van der Waals surface area contributed by atoms with Crippen LogP contribution in [0, 0.1) is 5.92 Å². The topological polar surface area (TPSA) is 87.6 Å². The number of nitrogens with zero attached hydrogens (tertiary/aromatic N) is 3. The summed E-state index contributed by atoms with van der Waals surface area (Å²) in [6, 6.07) is 9.90. The van der Waals surface area contributed by atoms with Gasteiger partial charge in [-0.2, -0.15) is 0 Å². The van der Waals surface area contributed by atoms with Crippen molar-refractivity contribution in [2.45, 2.75) is 26.2 Å². The van der Waals surface area contributed by atoms with E-state index in [0.717, 1.165) is 49.4 Å². The van der Waals surface area contributed by atoms with Gasteiger partial charge in [0.1, 0.15) is 5.82 Å². The summed E-state index contributed by atoms with van der Waals surface area (Å²) in [5.41, 5.74) is 1.87. The number of hydrogen-bond donors (Lipinski definition) is 2. The predicted molar refractivity (Wildman–Crippen MR) is 104 cm³/mol. The van der Waals surface area contributed by atoms with E-state index >= 15 is 0 Å². The number of carboxylic acid groups (broad SMARTS) is 1. The summed E-state index contributed by atoms with van der Waals surface area (Å²) in [5, 5.41) is 11.1. The second-order valence-corrected chi connectivity index (χ2v) is 6.65. The van der Waals surface area contributed by atoms with Crippen LogP contribution in [0.15, 0.2) is 36.5 Å². The zero-order chi connectivity index (χ0) is 19.1. The van der Waals surface area contributed by atoms with Crippen LogP contribution in [0.25, 0.3) is 11.3 Å². The van der Waals surface area contributed by atoms with Crippen molar-refractivity contribution in [3.05, 3.63) is 36.5 Å². The molecule has 7 heteroatoms. The Kier molecular flexibility index (Phi) is 6.46. The van der Waals surface area contributed by atoms with E-state index in [4.69, 9.17) is 14.8 Å². The van der Waals surface area contributed by atoms with E-state index in [2.05, 4.69) is 15.2 Å². The van der Waals surface area contributed by atoms with Gasteiger partial charge in [0, 0.05) is 37.5 Å². The Morgan fingerprint density at radius 3 is 2.78 bits per heavy atom. The molecule has 3 rings (SSSR count). The van der Waals surface area contributed by atoms with E-state index in [9.17, 15) is 4.79 Å². The van der Waals surface area contributed by atoms with Gasteiger partial charge in [-0.05, 0) is 50.3 Å². The quantitative estimate of drug-likeness (QED) is 0.776. The molecule has 0 bridgehead atoms. The molecule has 0 saturated carbocycles. The molecule has 27 heavy (non-hydrogen) atoms. The fourth-order valence-electron chi connectivity index (χ4n) is 3.36. The van der Waals surface area contributed by atoms with Gasteiger partial charge >= 0.3 is 6.09 Å². The van der Waals surface area contributed by atoms with Crippen molar-refractivity contribution in [2.24, 2.45) is 5.92 Å². The van der Waals surface area contributed by atoms with Crippen molar-refractivity contribution in [2.75, 3.05) is 31.1 Å². The monoisotopic (exact) mass is 370 g/mol. The average molecular weight is 370 g/mol. The summed E-state index contributed by atoms with van der Waals surface area (Å²) >= 11 is 0. The van der Waals surface area contributed by atoms with Crippen LogP contribution in [-0.4, -0.2) is 47.4 Å². The number of anilines is 1. The van der Waals surface area contributed by atoms with Gasteiger partial charge in [0.05, 0.1) is 12.3 Å². The number of carbonyl (C=O) groups is 1. The van der Waals surface area contributed by atoms with Crippen LogP contribution < -0.4 is 15.0 Å². The molecule has 2 aromatic heterocycles. The first-order valence-electron chi connectivity index (χ1n) is 9.43. The number of rotatable bonds is 7. The van der Waals surface area contributed by atoms with Crippen LogP contribution in [-0.2, 0) is 0 Å². The van der Waals surface area contributed by atoms with Crippen LogP contribution in [0.3, 0.4) is 0 Å². The highest BCUT2D eigenvalue weighted by atomic mass is 16.5. The highest BCUT2D eigenvalue weighted by Crippen LogP contribution is 2.26. The second-order valence-electron chi connectivity index (χ2n) is 6.65. The first kappa shape index (κ1) is 18.9. The maximum absolute atomic E-state index is 10.5. The lowest BCUT2D eigenvalue weighted by molar-refractivity contribution is 0.193. The van der Waals surface area contributed by atoms with Crippen molar-refractivity contribution < 1.29 is 14.6 Å².